The average Bonchev–Trinajstić information content (AvgIpc) is 3.28. The van der Waals surface area contributed by atoms with Gasteiger partial charge in [0.05, 0.1) is 13.2 Å². The minimum atomic E-state index is -1.16. The Morgan fingerprint density at radius 1 is 0.561 bits per heavy atom. The van der Waals surface area contributed by atoms with Crippen LogP contribution >= 0.6 is 0 Å². The summed E-state index contributed by atoms with van der Waals surface area (Å²) in [6, 6.07) is 31.3. The molecule has 0 heterocycles. The van der Waals surface area contributed by atoms with Crippen molar-refractivity contribution < 1.29 is 38.2 Å². The van der Waals surface area contributed by atoms with Crippen LogP contribution in [0, 0.1) is 12.3 Å². The van der Waals surface area contributed by atoms with E-state index in [9.17, 15) is 24.0 Å². The summed E-state index contributed by atoms with van der Waals surface area (Å²) in [5.74, 6) is -0.797. The summed E-state index contributed by atoms with van der Waals surface area (Å²) in [5.41, 5.74) is 6.52. The lowest BCUT2D eigenvalue weighted by Gasteiger charge is -2.23. The van der Waals surface area contributed by atoms with Crippen LogP contribution < -0.4 is 26.6 Å². The third-order valence-electron chi connectivity index (χ3n) is 10.2. The molecule has 4 aromatic carbocycles. The molecule has 358 valence electrons. The Morgan fingerprint density at radius 3 is 1.47 bits per heavy atom. The van der Waals surface area contributed by atoms with Gasteiger partial charge in [-0.15, -0.1) is 0 Å². The Kier molecular flexibility index (Phi) is 24.0. The molecule has 0 saturated heterocycles. The first kappa shape index (κ1) is 54.0. The molecule has 5 N–H and O–H groups in total. The highest BCUT2D eigenvalue weighted by atomic mass is 16.6. The highest BCUT2D eigenvalue weighted by Crippen LogP contribution is 2.18. The molecule has 4 rings (SSSR count). The number of unbranched alkanes of at least 4 members (excludes halogenated alkanes) is 1. The quantitative estimate of drug-likeness (QED) is 0.0350. The zero-order valence-corrected chi connectivity index (χ0v) is 40.1. The third kappa shape index (κ3) is 21.6. The summed E-state index contributed by atoms with van der Waals surface area (Å²) < 4.78 is 15.9. The van der Waals surface area contributed by atoms with Crippen molar-refractivity contribution in [1.82, 2.24) is 20.4 Å². The van der Waals surface area contributed by atoms with Gasteiger partial charge in [-0.05, 0) is 133 Å². The second-order valence-corrected chi connectivity index (χ2v) is 16.9. The van der Waals surface area contributed by atoms with Crippen LogP contribution in [-0.4, -0.2) is 121 Å². The molecule has 0 bridgehead atoms. The number of carbonyl (C=O) groups excluding carboxylic acids is 5. The lowest BCUT2D eigenvalue weighted by molar-refractivity contribution is -0.141. The van der Waals surface area contributed by atoms with E-state index in [-0.39, 0.29) is 30.9 Å². The Morgan fingerprint density at radius 2 is 1.00 bits per heavy atom. The first-order chi connectivity index (χ1) is 31.6. The van der Waals surface area contributed by atoms with Crippen molar-refractivity contribution in [2.24, 2.45) is 5.41 Å². The Labute approximate surface area is 391 Å². The van der Waals surface area contributed by atoms with E-state index in [4.69, 9.17) is 14.2 Å². The number of rotatable bonds is 24. The van der Waals surface area contributed by atoms with E-state index in [1.54, 1.807) is 21.0 Å². The number of amides is 5. The molecule has 5 amide bonds. The Balaban J connectivity index is 0.00000277. The van der Waals surface area contributed by atoms with Crippen LogP contribution in [0.15, 0.2) is 97.1 Å². The molecule has 0 aliphatic heterocycles. The fourth-order valence-corrected chi connectivity index (χ4v) is 6.34. The van der Waals surface area contributed by atoms with Crippen molar-refractivity contribution in [3.63, 3.8) is 0 Å². The Hall–Kier alpha value is -6.29. The number of methoxy groups -OCH3 is 1. The van der Waals surface area contributed by atoms with E-state index in [0.717, 1.165) is 23.1 Å². The monoisotopic (exact) mass is 910 g/mol. The predicted molar refractivity (Wildman–Crippen MR) is 262 cm³/mol. The van der Waals surface area contributed by atoms with Crippen molar-refractivity contribution in [3.05, 3.63) is 125 Å². The SMILES string of the molecule is CN(C)C.CNC(=O)C(C)(C)C(=O)NCCCN(CCOC)CCOC(=O)Nc1ccc(Cc2ccc(NC(=O)CCCCOC(=O)Nc3ccc(Cc4ccc(C)cc4)cc3)cc2)cc1. The number of hydrogen-bond acceptors (Lipinski definition) is 10. The van der Waals surface area contributed by atoms with Gasteiger partial charge in [0, 0.05) is 63.8 Å². The van der Waals surface area contributed by atoms with Gasteiger partial charge in [-0.3, -0.25) is 29.9 Å². The van der Waals surface area contributed by atoms with Gasteiger partial charge in [-0.1, -0.05) is 66.2 Å². The van der Waals surface area contributed by atoms with E-state index in [0.29, 0.717) is 82.0 Å². The second-order valence-electron chi connectivity index (χ2n) is 16.9. The molecule has 4 aromatic rings. The summed E-state index contributed by atoms with van der Waals surface area (Å²) in [4.78, 5) is 65.8. The number of nitrogens with zero attached hydrogens (tertiary/aromatic N) is 2. The smallest absolute Gasteiger partial charge is 0.411 e. The second kappa shape index (κ2) is 29.3. The molecule has 0 aromatic heterocycles. The van der Waals surface area contributed by atoms with Crippen LogP contribution in [0.25, 0.3) is 0 Å². The van der Waals surface area contributed by atoms with Gasteiger partial charge in [0.1, 0.15) is 12.0 Å². The van der Waals surface area contributed by atoms with E-state index in [1.807, 2.05) is 98.8 Å². The average molecular weight is 910 g/mol. The number of nitrogens with one attached hydrogen (secondary N) is 5. The van der Waals surface area contributed by atoms with Crippen molar-refractivity contribution in [2.45, 2.75) is 59.3 Å². The van der Waals surface area contributed by atoms with Gasteiger partial charge in [-0.2, -0.15) is 0 Å². The zero-order valence-electron chi connectivity index (χ0n) is 40.1. The van der Waals surface area contributed by atoms with Gasteiger partial charge < -0.3 is 35.1 Å². The molecule has 0 fully saturated rings. The van der Waals surface area contributed by atoms with E-state index in [1.165, 1.54) is 18.2 Å². The van der Waals surface area contributed by atoms with Gasteiger partial charge in [0.25, 0.3) is 0 Å². The van der Waals surface area contributed by atoms with Gasteiger partial charge in [0.2, 0.25) is 17.7 Å². The van der Waals surface area contributed by atoms with Crippen molar-refractivity contribution in [3.8, 4) is 0 Å². The molecular weight excluding hydrogens is 839 g/mol. The van der Waals surface area contributed by atoms with Crippen LogP contribution in [0.4, 0.5) is 26.7 Å². The highest BCUT2D eigenvalue weighted by Gasteiger charge is 2.34. The maximum atomic E-state index is 12.5. The molecule has 0 aliphatic carbocycles. The molecular formula is C51H71N7O8. The topological polar surface area (TPSA) is 180 Å². The first-order valence-electron chi connectivity index (χ1n) is 22.4. The number of benzene rings is 4. The molecule has 0 unspecified atom stereocenters. The minimum Gasteiger partial charge on any atom is -0.449 e. The summed E-state index contributed by atoms with van der Waals surface area (Å²) in [5, 5.41) is 13.8. The molecule has 0 radical (unpaired) electrons. The maximum Gasteiger partial charge on any atom is 0.411 e. The molecule has 66 heavy (non-hydrogen) atoms. The number of anilines is 3. The van der Waals surface area contributed by atoms with Gasteiger partial charge in [-0.25, -0.2) is 9.59 Å². The van der Waals surface area contributed by atoms with E-state index >= 15 is 0 Å². The Bertz CT molecular complexity index is 2070. The van der Waals surface area contributed by atoms with E-state index < -0.39 is 17.6 Å². The summed E-state index contributed by atoms with van der Waals surface area (Å²) in [7, 11) is 9.12. The summed E-state index contributed by atoms with van der Waals surface area (Å²) >= 11 is 0. The molecule has 0 saturated carbocycles. The van der Waals surface area contributed by atoms with Crippen molar-refractivity contribution in [2.75, 3.05) is 97.3 Å². The fraction of sp³-hybridized carbons (Fsp3) is 0.431. The predicted octanol–water partition coefficient (Wildman–Crippen LogP) is 7.49. The molecule has 0 spiro atoms. The van der Waals surface area contributed by atoms with Crippen LogP contribution in [0.1, 0.15) is 67.3 Å². The normalized spacial score (nSPS) is 10.9. The largest absolute Gasteiger partial charge is 0.449 e. The van der Waals surface area contributed by atoms with Crippen molar-refractivity contribution >= 4 is 47.0 Å². The van der Waals surface area contributed by atoms with Gasteiger partial charge in [0.15, 0.2) is 0 Å². The van der Waals surface area contributed by atoms with E-state index in [2.05, 4.69) is 62.7 Å². The van der Waals surface area contributed by atoms with Gasteiger partial charge >= 0.3 is 12.2 Å². The molecule has 15 heteroatoms. The van der Waals surface area contributed by atoms with Crippen LogP contribution in [-0.2, 0) is 41.4 Å². The zero-order chi connectivity index (χ0) is 48.3. The maximum absolute atomic E-state index is 12.5. The number of ether oxygens (including phenoxy) is 3. The minimum absolute atomic E-state index is 0.110. The third-order valence-corrected chi connectivity index (χ3v) is 10.2. The lowest BCUT2D eigenvalue weighted by Crippen LogP contribution is -2.47. The van der Waals surface area contributed by atoms with Crippen LogP contribution in [0.5, 0.6) is 0 Å². The molecule has 15 nitrogen and oxygen atoms in total. The first-order valence-corrected chi connectivity index (χ1v) is 22.4. The standard InChI is InChI=1S/C48H62N6O8.C3H9N/c1-35-10-12-36(13-11-35)33-38-16-22-41(23-17-38)52-46(58)61-30-7-6-9-43(55)51-40-20-14-37(15-21-40)34-39-18-24-42(25-19-39)53-47(59)62-32-29-54(28-31-60-5)27-8-26-50-45(57)48(2,3)44(56)49-4;1-4(2)3/h10-25H,6-9,26-34H2,1-5H3,(H,49,56)(H,50,57)(H,51,55)(H,52,58)(H,53,59);1-3H3. The summed E-state index contributed by atoms with van der Waals surface area (Å²) in [6.07, 6.45) is 2.49. The highest BCUT2D eigenvalue weighted by molar-refractivity contribution is 6.04. The fourth-order valence-electron chi connectivity index (χ4n) is 6.34. The van der Waals surface area contributed by atoms with Crippen LogP contribution in [0.2, 0.25) is 0 Å². The number of hydrogen-bond donors (Lipinski definition) is 5. The molecule has 0 atom stereocenters. The number of aryl methyl sites for hydroxylation is 1. The molecule has 0 aliphatic rings. The lowest BCUT2D eigenvalue weighted by atomic mass is 9.91. The van der Waals surface area contributed by atoms with Crippen molar-refractivity contribution in [1.29, 1.82) is 0 Å². The number of carbonyl (C=O) groups is 5. The van der Waals surface area contributed by atoms with Crippen LogP contribution in [0.3, 0.4) is 0 Å². The summed E-state index contributed by atoms with van der Waals surface area (Å²) in [6.45, 7) is 8.27.